The zero-order valence-electron chi connectivity index (χ0n) is 10.4. The molecule has 0 aromatic rings. The Bertz CT molecular complexity index is 324. The summed E-state index contributed by atoms with van der Waals surface area (Å²) in [6.07, 6.45) is 2.57. The van der Waals surface area contributed by atoms with Crippen molar-refractivity contribution in [3.63, 3.8) is 0 Å². The monoisotopic (exact) mass is 239 g/mol. The van der Waals surface area contributed by atoms with Crippen LogP contribution in [0.2, 0.25) is 0 Å². The van der Waals surface area contributed by atoms with E-state index >= 15 is 0 Å². The van der Waals surface area contributed by atoms with E-state index in [0.717, 1.165) is 38.9 Å². The molecule has 0 aromatic carbocycles. The van der Waals surface area contributed by atoms with E-state index in [1.54, 1.807) is 0 Å². The molecule has 2 aliphatic heterocycles. The van der Waals surface area contributed by atoms with Crippen molar-refractivity contribution in [1.29, 1.82) is 0 Å². The quantitative estimate of drug-likeness (QED) is 0.695. The molecule has 2 fully saturated rings. The van der Waals surface area contributed by atoms with Crippen LogP contribution in [-0.4, -0.2) is 42.9 Å². The van der Waals surface area contributed by atoms with Crippen LogP contribution in [0.5, 0.6) is 0 Å². The van der Waals surface area contributed by atoms with Gasteiger partial charge in [-0.25, -0.2) is 0 Å². The zero-order valence-corrected chi connectivity index (χ0v) is 10.4. The molecule has 17 heavy (non-hydrogen) atoms. The van der Waals surface area contributed by atoms with Gasteiger partial charge in [-0.3, -0.25) is 9.59 Å². The third kappa shape index (κ3) is 2.44. The average Bonchev–Trinajstić information content (AvgIpc) is 2.76. The van der Waals surface area contributed by atoms with Gasteiger partial charge in [0.1, 0.15) is 0 Å². The third-order valence-electron chi connectivity index (χ3n) is 4.00. The Morgan fingerprint density at radius 1 is 1.47 bits per heavy atom. The van der Waals surface area contributed by atoms with Crippen molar-refractivity contribution in [2.75, 3.05) is 26.2 Å². The van der Waals surface area contributed by atoms with E-state index in [-0.39, 0.29) is 23.1 Å². The van der Waals surface area contributed by atoms with Crippen LogP contribution < -0.4 is 11.1 Å². The molecule has 0 saturated carbocycles. The van der Waals surface area contributed by atoms with Gasteiger partial charge in [-0.05, 0) is 32.7 Å². The fraction of sp³-hybridized carbons (Fsp3) is 0.833. The first kappa shape index (κ1) is 12.4. The molecule has 2 amide bonds. The largest absolute Gasteiger partial charge is 0.369 e. The highest BCUT2D eigenvalue weighted by Crippen LogP contribution is 2.29. The molecule has 96 valence electrons. The first-order chi connectivity index (χ1) is 8.03. The predicted octanol–water partition coefficient (Wildman–Crippen LogP) is -0.290. The fourth-order valence-electron chi connectivity index (χ4n) is 2.78. The maximum absolute atomic E-state index is 12.4. The Hall–Kier alpha value is -1.10. The van der Waals surface area contributed by atoms with Gasteiger partial charge in [0, 0.05) is 19.6 Å². The van der Waals surface area contributed by atoms with Gasteiger partial charge in [-0.1, -0.05) is 0 Å². The van der Waals surface area contributed by atoms with Crippen molar-refractivity contribution < 1.29 is 9.59 Å². The molecule has 2 unspecified atom stereocenters. The van der Waals surface area contributed by atoms with Crippen molar-refractivity contribution in [2.45, 2.75) is 26.2 Å². The summed E-state index contributed by atoms with van der Waals surface area (Å²) >= 11 is 0. The van der Waals surface area contributed by atoms with Crippen molar-refractivity contribution in [3.05, 3.63) is 0 Å². The number of likely N-dealkylation sites (tertiary alicyclic amines) is 1. The summed E-state index contributed by atoms with van der Waals surface area (Å²) in [6, 6.07) is 0. The Balaban J connectivity index is 2.01. The van der Waals surface area contributed by atoms with E-state index in [0.29, 0.717) is 6.54 Å². The SMILES string of the molecule is CC1(C(=O)N2CCCC(C(N)=O)C2)CCNC1. The number of nitrogens with one attached hydrogen (secondary N) is 1. The van der Waals surface area contributed by atoms with Crippen LogP contribution in [0.4, 0.5) is 0 Å². The van der Waals surface area contributed by atoms with Gasteiger partial charge in [0.2, 0.25) is 11.8 Å². The lowest BCUT2D eigenvalue weighted by atomic mass is 9.86. The van der Waals surface area contributed by atoms with Crippen LogP contribution in [-0.2, 0) is 9.59 Å². The second-order valence-corrected chi connectivity index (χ2v) is 5.48. The molecule has 0 radical (unpaired) electrons. The zero-order chi connectivity index (χ0) is 12.5. The molecule has 2 rings (SSSR count). The molecule has 2 heterocycles. The van der Waals surface area contributed by atoms with Gasteiger partial charge in [-0.15, -0.1) is 0 Å². The maximum atomic E-state index is 12.4. The molecular formula is C12H21N3O2. The van der Waals surface area contributed by atoms with E-state index in [4.69, 9.17) is 5.73 Å². The van der Waals surface area contributed by atoms with Crippen molar-refractivity contribution in [1.82, 2.24) is 10.2 Å². The number of piperidine rings is 1. The topological polar surface area (TPSA) is 75.4 Å². The van der Waals surface area contributed by atoms with Crippen LogP contribution >= 0.6 is 0 Å². The molecule has 0 aliphatic carbocycles. The molecular weight excluding hydrogens is 218 g/mol. The highest BCUT2D eigenvalue weighted by Gasteiger charge is 2.40. The van der Waals surface area contributed by atoms with Gasteiger partial charge in [-0.2, -0.15) is 0 Å². The number of amides is 2. The Morgan fingerprint density at radius 2 is 2.24 bits per heavy atom. The first-order valence-corrected chi connectivity index (χ1v) is 6.32. The summed E-state index contributed by atoms with van der Waals surface area (Å²) in [5, 5.41) is 3.23. The Morgan fingerprint density at radius 3 is 2.82 bits per heavy atom. The van der Waals surface area contributed by atoms with Crippen LogP contribution in [0.3, 0.4) is 0 Å². The normalized spacial score (nSPS) is 33.7. The number of hydrogen-bond donors (Lipinski definition) is 2. The number of carbonyl (C=O) groups is 2. The molecule has 5 nitrogen and oxygen atoms in total. The second-order valence-electron chi connectivity index (χ2n) is 5.48. The van der Waals surface area contributed by atoms with Crippen molar-refractivity contribution in [3.8, 4) is 0 Å². The summed E-state index contributed by atoms with van der Waals surface area (Å²) in [5.74, 6) is -0.267. The number of nitrogens with zero attached hydrogens (tertiary/aromatic N) is 1. The predicted molar refractivity (Wildman–Crippen MR) is 64.1 cm³/mol. The van der Waals surface area contributed by atoms with Crippen LogP contribution in [0.1, 0.15) is 26.2 Å². The second kappa shape index (κ2) is 4.64. The lowest BCUT2D eigenvalue weighted by Gasteiger charge is -2.36. The number of carbonyl (C=O) groups excluding carboxylic acids is 2. The molecule has 2 atom stereocenters. The molecule has 3 N–H and O–H groups in total. The van der Waals surface area contributed by atoms with Gasteiger partial charge in [0.15, 0.2) is 0 Å². The third-order valence-corrected chi connectivity index (χ3v) is 4.00. The lowest BCUT2D eigenvalue weighted by Crippen LogP contribution is -2.50. The number of primary amides is 1. The average molecular weight is 239 g/mol. The number of nitrogens with two attached hydrogens (primary N) is 1. The first-order valence-electron chi connectivity index (χ1n) is 6.32. The van der Waals surface area contributed by atoms with Crippen LogP contribution in [0, 0.1) is 11.3 Å². The minimum atomic E-state index is -0.292. The molecule has 2 aliphatic rings. The lowest BCUT2D eigenvalue weighted by molar-refractivity contribution is -0.143. The van der Waals surface area contributed by atoms with Crippen LogP contribution in [0.25, 0.3) is 0 Å². The standard InChI is InChI=1S/C12H21N3O2/c1-12(4-5-14-8-12)11(17)15-6-2-3-9(7-15)10(13)16/h9,14H,2-8H2,1H3,(H2,13,16). The van der Waals surface area contributed by atoms with Crippen molar-refractivity contribution in [2.24, 2.45) is 17.1 Å². The highest BCUT2D eigenvalue weighted by molar-refractivity contribution is 5.84. The number of hydrogen-bond acceptors (Lipinski definition) is 3. The maximum Gasteiger partial charge on any atom is 0.229 e. The number of rotatable bonds is 2. The highest BCUT2D eigenvalue weighted by atomic mass is 16.2. The van der Waals surface area contributed by atoms with Gasteiger partial charge >= 0.3 is 0 Å². The van der Waals surface area contributed by atoms with Gasteiger partial charge in [0.25, 0.3) is 0 Å². The Kier molecular flexibility index (Phi) is 3.38. The summed E-state index contributed by atoms with van der Waals surface area (Å²) in [7, 11) is 0. The fourth-order valence-corrected chi connectivity index (χ4v) is 2.78. The molecule has 5 heteroatoms. The van der Waals surface area contributed by atoms with E-state index in [1.165, 1.54) is 0 Å². The van der Waals surface area contributed by atoms with E-state index in [9.17, 15) is 9.59 Å². The van der Waals surface area contributed by atoms with E-state index < -0.39 is 0 Å². The summed E-state index contributed by atoms with van der Waals surface area (Å²) in [5.41, 5.74) is 5.03. The molecule has 0 spiro atoms. The summed E-state index contributed by atoms with van der Waals surface area (Å²) in [6.45, 7) is 4.91. The van der Waals surface area contributed by atoms with Crippen molar-refractivity contribution >= 4 is 11.8 Å². The minimum Gasteiger partial charge on any atom is -0.369 e. The van der Waals surface area contributed by atoms with E-state index in [2.05, 4.69) is 5.32 Å². The van der Waals surface area contributed by atoms with Gasteiger partial charge < -0.3 is 16.0 Å². The van der Waals surface area contributed by atoms with Crippen LogP contribution in [0.15, 0.2) is 0 Å². The summed E-state index contributed by atoms with van der Waals surface area (Å²) < 4.78 is 0. The summed E-state index contributed by atoms with van der Waals surface area (Å²) in [4.78, 5) is 25.4. The minimum absolute atomic E-state index is 0.161. The van der Waals surface area contributed by atoms with E-state index in [1.807, 2.05) is 11.8 Å². The molecule has 0 bridgehead atoms. The smallest absolute Gasteiger partial charge is 0.229 e. The molecule has 0 aromatic heterocycles. The Labute approximate surface area is 102 Å². The molecule has 2 saturated heterocycles. The van der Waals surface area contributed by atoms with Gasteiger partial charge in [0.05, 0.1) is 11.3 Å².